The standard InChI is InChI=1S/C25H22FN5S/c1-16-14-18(9-10-20(16)26)31-24(23(29-25(31)32)21-7-3-4-13-28-21)22-11-8-17(2)30(22)19-6-5-12-27-15-19/h3-15,23-24H,1-2H3,(H,29,32)/t23-,24-/m0/s1. The third kappa shape index (κ3) is 3.44. The van der Waals surface area contributed by atoms with Gasteiger partial charge in [0.2, 0.25) is 0 Å². The van der Waals surface area contributed by atoms with Crippen molar-refractivity contribution in [2.45, 2.75) is 25.9 Å². The fraction of sp³-hybridized carbons (Fsp3) is 0.160. The smallest absolute Gasteiger partial charge is 0.174 e. The SMILES string of the molecule is Cc1cc(N2C(=S)N[C@@H](c3ccccn3)[C@@H]2c2ccc(C)n2-c2cccnc2)ccc1F. The average molecular weight is 444 g/mol. The molecule has 1 aliphatic rings. The second-order valence-corrected chi connectivity index (χ2v) is 8.26. The van der Waals surface area contributed by atoms with Gasteiger partial charge >= 0.3 is 0 Å². The van der Waals surface area contributed by atoms with Crippen LogP contribution in [-0.2, 0) is 0 Å². The van der Waals surface area contributed by atoms with Gasteiger partial charge in [-0.25, -0.2) is 4.39 Å². The molecule has 5 rings (SSSR count). The summed E-state index contributed by atoms with van der Waals surface area (Å²) in [5.41, 5.74) is 5.39. The van der Waals surface area contributed by atoms with Crippen LogP contribution in [0.1, 0.15) is 34.7 Å². The van der Waals surface area contributed by atoms with E-state index in [0.717, 1.165) is 28.5 Å². The van der Waals surface area contributed by atoms with E-state index in [-0.39, 0.29) is 17.9 Å². The number of halogens is 1. The third-order valence-corrected chi connectivity index (χ3v) is 6.15. The van der Waals surface area contributed by atoms with Crippen molar-refractivity contribution in [1.82, 2.24) is 19.9 Å². The number of pyridine rings is 2. The maximum absolute atomic E-state index is 14.0. The fourth-order valence-corrected chi connectivity index (χ4v) is 4.69. The van der Waals surface area contributed by atoms with Crippen molar-refractivity contribution in [3.63, 3.8) is 0 Å². The first-order valence-corrected chi connectivity index (χ1v) is 10.8. The molecule has 1 N–H and O–H groups in total. The molecule has 1 aromatic carbocycles. The van der Waals surface area contributed by atoms with Crippen LogP contribution >= 0.6 is 12.2 Å². The van der Waals surface area contributed by atoms with Gasteiger partial charge in [0.25, 0.3) is 0 Å². The molecule has 0 saturated carbocycles. The second-order valence-electron chi connectivity index (χ2n) is 7.88. The van der Waals surface area contributed by atoms with Crippen LogP contribution in [0.3, 0.4) is 0 Å². The number of hydrogen-bond donors (Lipinski definition) is 1. The Morgan fingerprint density at radius 3 is 2.56 bits per heavy atom. The molecule has 0 radical (unpaired) electrons. The molecule has 160 valence electrons. The number of nitrogens with zero attached hydrogens (tertiary/aromatic N) is 4. The lowest BCUT2D eigenvalue weighted by atomic mass is 10.0. The average Bonchev–Trinajstić information content (AvgIpc) is 3.36. The Balaban J connectivity index is 1.71. The molecule has 7 heteroatoms. The largest absolute Gasteiger partial charge is 0.351 e. The predicted molar refractivity (Wildman–Crippen MR) is 127 cm³/mol. The summed E-state index contributed by atoms with van der Waals surface area (Å²) in [5, 5.41) is 4.04. The maximum Gasteiger partial charge on any atom is 0.174 e. The predicted octanol–water partition coefficient (Wildman–Crippen LogP) is 5.20. The number of thiocarbonyl (C=S) groups is 1. The van der Waals surface area contributed by atoms with Crippen molar-refractivity contribution >= 4 is 23.0 Å². The molecule has 0 aliphatic carbocycles. The Labute approximate surface area is 191 Å². The van der Waals surface area contributed by atoms with Crippen molar-refractivity contribution in [2.75, 3.05) is 4.90 Å². The van der Waals surface area contributed by atoms with Crippen LogP contribution < -0.4 is 10.2 Å². The molecule has 0 spiro atoms. The lowest BCUT2D eigenvalue weighted by molar-refractivity contribution is 0.547. The molecule has 0 amide bonds. The molecular formula is C25H22FN5S. The summed E-state index contributed by atoms with van der Waals surface area (Å²) in [5.74, 6) is -0.237. The number of rotatable bonds is 4. The van der Waals surface area contributed by atoms with Gasteiger partial charge in [0.1, 0.15) is 11.9 Å². The van der Waals surface area contributed by atoms with Gasteiger partial charge in [0.15, 0.2) is 5.11 Å². The van der Waals surface area contributed by atoms with Crippen molar-refractivity contribution < 1.29 is 4.39 Å². The van der Waals surface area contributed by atoms with E-state index in [1.807, 2.05) is 42.6 Å². The van der Waals surface area contributed by atoms with E-state index in [1.165, 1.54) is 6.07 Å². The van der Waals surface area contributed by atoms with Crippen LogP contribution in [-0.4, -0.2) is 19.6 Å². The van der Waals surface area contributed by atoms with Gasteiger partial charge in [-0.05, 0) is 86.2 Å². The Morgan fingerprint density at radius 1 is 0.969 bits per heavy atom. The zero-order valence-electron chi connectivity index (χ0n) is 17.7. The van der Waals surface area contributed by atoms with E-state index in [0.29, 0.717) is 10.7 Å². The summed E-state index contributed by atoms with van der Waals surface area (Å²) >= 11 is 5.79. The topological polar surface area (TPSA) is 46.0 Å². The maximum atomic E-state index is 14.0. The van der Waals surface area contributed by atoms with Gasteiger partial charge in [0.05, 0.1) is 23.6 Å². The summed E-state index contributed by atoms with van der Waals surface area (Å²) in [6, 6.07) is 18.7. The first kappa shape index (κ1) is 20.3. The minimum absolute atomic E-state index is 0.182. The molecular weight excluding hydrogens is 421 g/mol. The lowest BCUT2D eigenvalue weighted by Gasteiger charge is -2.29. The second kappa shape index (κ2) is 8.16. The van der Waals surface area contributed by atoms with Crippen molar-refractivity contribution in [2.24, 2.45) is 0 Å². The lowest BCUT2D eigenvalue weighted by Crippen LogP contribution is -2.30. The summed E-state index contributed by atoms with van der Waals surface area (Å²) in [6.07, 6.45) is 5.39. The Hall–Kier alpha value is -3.58. The summed E-state index contributed by atoms with van der Waals surface area (Å²) in [4.78, 5) is 11.0. The van der Waals surface area contributed by atoms with E-state index in [4.69, 9.17) is 12.2 Å². The first-order valence-electron chi connectivity index (χ1n) is 10.4. The van der Waals surface area contributed by atoms with E-state index >= 15 is 0 Å². The quantitative estimate of drug-likeness (QED) is 0.439. The third-order valence-electron chi connectivity index (χ3n) is 5.83. The highest BCUT2D eigenvalue weighted by atomic mass is 32.1. The van der Waals surface area contributed by atoms with E-state index in [2.05, 4.69) is 43.8 Å². The minimum Gasteiger partial charge on any atom is -0.351 e. The number of aromatic nitrogens is 3. The summed E-state index contributed by atoms with van der Waals surface area (Å²) in [7, 11) is 0. The highest BCUT2D eigenvalue weighted by Crippen LogP contribution is 2.43. The number of nitrogens with one attached hydrogen (secondary N) is 1. The molecule has 4 heterocycles. The molecule has 32 heavy (non-hydrogen) atoms. The van der Waals surface area contributed by atoms with Crippen LogP contribution in [0, 0.1) is 19.7 Å². The Morgan fingerprint density at radius 2 is 1.84 bits per heavy atom. The van der Waals surface area contributed by atoms with Crippen molar-refractivity contribution in [1.29, 1.82) is 0 Å². The molecule has 1 aliphatic heterocycles. The van der Waals surface area contributed by atoms with Crippen molar-refractivity contribution in [3.8, 4) is 5.69 Å². The van der Waals surface area contributed by atoms with Gasteiger partial charge in [-0.2, -0.15) is 0 Å². The summed E-state index contributed by atoms with van der Waals surface area (Å²) < 4.78 is 16.2. The fourth-order valence-electron chi connectivity index (χ4n) is 4.34. The van der Waals surface area contributed by atoms with Gasteiger partial charge in [0, 0.05) is 29.5 Å². The molecule has 5 nitrogen and oxygen atoms in total. The van der Waals surface area contributed by atoms with Crippen LogP contribution in [0.5, 0.6) is 0 Å². The normalized spacial score (nSPS) is 18.1. The Kier molecular flexibility index (Phi) is 5.19. The monoisotopic (exact) mass is 443 g/mol. The number of benzene rings is 1. The molecule has 1 fully saturated rings. The van der Waals surface area contributed by atoms with Crippen LogP contribution in [0.25, 0.3) is 5.69 Å². The van der Waals surface area contributed by atoms with E-state index < -0.39 is 0 Å². The van der Waals surface area contributed by atoms with Crippen molar-refractivity contribution in [3.05, 3.63) is 108 Å². The zero-order chi connectivity index (χ0) is 22.2. The molecule has 0 bridgehead atoms. The highest BCUT2D eigenvalue weighted by molar-refractivity contribution is 7.80. The van der Waals surface area contributed by atoms with Gasteiger partial charge in [-0.15, -0.1) is 0 Å². The molecule has 4 aromatic rings. The molecule has 2 atom stereocenters. The minimum atomic E-state index is -0.237. The van der Waals surface area contributed by atoms with Gasteiger partial charge in [-0.3, -0.25) is 9.97 Å². The first-order chi connectivity index (χ1) is 15.5. The van der Waals surface area contributed by atoms with Gasteiger partial charge < -0.3 is 14.8 Å². The molecule has 0 unspecified atom stereocenters. The van der Waals surface area contributed by atoms with E-state index in [1.54, 1.807) is 25.4 Å². The van der Waals surface area contributed by atoms with Crippen LogP contribution in [0.15, 0.2) is 79.3 Å². The zero-order valence-corrected chi connectivity index (χ0v) is 18.6. The van der Waals surface area contributed by atoms with Crippen LogP contribution in [0.2, 0.25) is 0 Å². The Bertz CT molecular complexity index is 1270. The number of aryl methyl sites for hydroxylation is 2. The number of hydrogen-bond acceptors (Lipinski definition) is 3. The summed E-state index contributed by atoms with van der Waals surface area (Å²) in [6.45, 7) is 3.83. The molecule has 3 aromatic heterocycles. The van der Waals surface area contributed by atoms with E-state index in [9.17, 15) is 4.39 Å². The van der Waals surface area contributed by atoms with Gasteiger partial charge in [-0.1, -0.05) is 6.07 Å². The van der Waals surface area contributed by atoms with Crippen LogP contribution in [0.4, 0.5) is 10.1 Å². The highest BCUT2D eigenvalue weighted by Gasteiger charge is 2.42. The molecule has 1 saturated heterocycles. The number of anilines is 1.